The maximum atomic E-state index is 5.75. The maximum absolute atomic E-state index is 5.75. The first-order valence-corrected chi connectivity index (χ1v) is 8.19. The largest absolute Gasteiger partial charge is 0.377 e. The summed E-state index contributed by atoms with van der Waals surface area (Å²) in [5, 5.41) is 3.54. The van der Waals surface area contributed by atoms with Crippen LogP contribution in [0.4, 0.5) is 0 Å². The first kappa shape index (κ1) is 13.6. The van der Waals surface area contributed by atoms with Crippen molar-refractivity contribution in [1.29, 1.82) is 0 Å². The highest BCUT2D eigenvalue weighted by Crippen LogP contribution is 2.32. The quantitative estimate of drug-likeness (QED) is 0.729. The van der Waals surface area contributed by atoms with Crippen LogP contribution in [-0.2, 0) is 17.9 Å². The number of ether oxygens (including phenoxy) is 1. The molecule has 0 spiro atoms. The van der Waals surface area contributed by atoms with Crippen LogP contribution in [0.25, 0.3) is 0 Å². The molecule has 2 nitrogen and oxygen atoms in total. The highest BCUT2D eigenvalue weighted by Gasteiger charge is 2.21. The fraction of sp³-hybridized carbons (Fsp3) is 0.625. The van der Waals surface area contributed by atoms with E-state index in [0.717, 1.165) is 31.7 Å². The Kier molecular flexibility index (Phi) is 4.57. The number of benzene rings is 1. The summed E-state index contributed by atoms with van der Waals surface area (Å²) in [6.07, 6.45) is 6.74. The van der Waals surface area contributed by atoms with Crippen LogP contribution in [0.1, 0.15) is 43.2 Å². The van der Waals surface area contributed by atoms with E-state index in [4.69, 9.17) is 4.74 Å². The Bertz CT molecular complexity index is 427. The summed E-state index contributed by atoms with van der Waals surface area (Å²) in [5.41, 5.74) is 2.60. The van der Waals surface area contributed by atoms with E-state index in [1.807, 2.05) is 0 Å². The lowest BCUT2D eigenvalue weighted by molar-refractivity contribution is 0.114. The van der Waals surface area contributed by atoms with Gasteiger partial charge in [0.2, 0.25) is 0 Å². The zero-order chi connectivity index (χ0) is 13.1. The first-order valence-electron chi connectivity index (χ1n) is 7.39. The van der Waals surface area contributed by atoms with Crippen molar-refractivity contribution < 1.29 is 4.74 Å². The summed E-state index contributed by atoms with van der Waals surface area (Å²) in [6.45, 7) is 2.61. The SMILES string of the molecule is Brc1cc(CNC2CC2)ccc1COCCC1CC1. The maximum Gasteiger partial charge on any atom is 0.0727 e. The Morgan fingerprint density at radius 1 is 1.21 bits per heavy atom. The van der Waals surface area contributed by atoms with E-state index in [9.17, 15) is 0 Å². The minimum Gasteiger partial charge on any atom is -0.377 e. The molecule has 0 aliphatic heterocycles. The first-order chi connectivity index (χ1) is 9.31. The van der Waals surface area contributed by atoms with Gasteiger partial charge < -0.3 is 10.1 Å². The standard InChI is InChI=1S/C16H22BrNO/c17-16-9-13(10-18-15-5-6-15)3-4-14(16)11-19-8-7-12-1-2-12/h3-4,9,12,15,18H,1-2,5-8,10-11H2. The van der Waals surface area contributed by atoms with Gasteiger partial charge >= 0.3 is 0 Å². The smallest absolute Gasteiger partial charge is 0.0727 e. The van der Waals surface area contributed by atoms with Crippen molar-refractivity contribution in [2.45, 2.75) is 51.3 Å². The summed E-state index contributed by atoms with van der Waals surface area (Å²) >= 11 is 3.66. The van der Waals surface area contributed by atoms with Crippen molar-refractivity contribution in [3.05, 3.63) is 33.8 Å². The van der Waals surface area contributed by atoms with E-state index >= 15 is 0 Å². The zero-order valence-corrected chi connectivity index (χ0v) is 12.9. The average Bonchev–Trinajstić information content (AvgIpc) is 3.27. The molecule has 19 heavy (non-hydrogen) atoms. The molecule has 104 valence electrons. The van der Waals surface area contributed by atoms with Crippen molar-refractivity contribution in [2.24, 2.45) is 5.92 Å². The van der Waals surface area contributed by atoms with Gasteiger partial charge in [-0.1, -0.05) is 40.9 Å². The molecule has 3 rings (SSSR count). The van der Waals surface area contributed by atoms with Crippen LogP contribution in [-0.4, -0.2) is 12.6 Å². The van der Waals surface area contributed by atoms with Crippen LogP contribution in [0, 0.1) is 5.92 Å². The molecule has 2 fully saturated rings. The van der Waals surface area contributed by atoms with E-state index in [0.29, 0.717) is 0 Å². The molecule has 1 aromatic rings. The summed E-state index contributed by atoms with van der Waals surface area (Å²) in [7, 11) is 0. The van der Waals surface area contributed by atoms with Gasteiger partial charge in [-0.15, -0.1) is 0 Å². The third kappa shape index (κ3) is 4.59. The second kappa shape index (κ2) is 6.38. The third-order valence-corrected chi connectivity index (χ3v) is 4.65. The molecule has 1 aromatic carbocycles. The predicted molar refractivity (Wildman–Crippen MR) is 81.0 cm³/mol. The zero-order valence-electron chi connectivity index (χ0n) is 11.3. The Hall–Kier alpha value is -0.380. The van der Waals surface area contributed by atoms with Crippen molar-refractivity contribution in [1.82, 2.24) is 5.32 Å². The molecule has 3 heteroatoms. The highest BCUT2D eigenvalue weighted by molar-refractivity contribution is 9.10. The van der Waals surface area contributed by atoms with Crippen molar-refractivity contribution >= 4 is 15.9 Å². The van der Waals surface area contributed by atoms with Gasteiger partial charge in [-0.2, -0.15) is 0 Å². The van der Waals surface area contributed by atoms with Gasteiger partial charge in [0.25, 0.3) is 0 Å². The topological polar surface area (TPSA) is 21.3 Å². The molecular formula is C16H22BrNO. The fourth-order valence-corrected chi connectivity index (χ4v) is 2.75. The van der Waals surface area contributed by atoms with Crippen LogP contribution in [0.2, 0.25) is 0 Å². The summed E-state index contributed by atoms with van der Waals surface area (Å²) in [5.74, 6) is 0.958. The van der Waals surface area contributed by atoms with Crippen molar-refractivity contribution in [2.75, 3.05) is 6.61 Å². The van der Waals surface area contributed by atoms with Gasteiger partial charge in [-0.3, -0.25) is 0 Å². The number of hydrogen-bond acceptors (Lipinski definition) is 2. The normalized spacial score (nSPS) is 18.8. The van der Waals surface area contributed by atoms with Crippen molar-refractivity contribution in [3.8, 4) is 0 Å². The van der Waals surface area contributed by atoms with E-state index in [2.05, 4.69) is 39.4 Å². The van der Waals surface area contributed by atoms with E-state index in [-0.39, 0.29) is 0 Å². The summed E-state index contributed by atoms with van der Waals surface area (Å²) in [6, 6.07) is 7.38. The van der Waals surface area contributed by atoms with Gasteiger partial charge in [0, 0.05) is 23.7 Å². The molecule has 0 amide bonds. The molecule has 0 saturated heterocycles. The van der Waals surface area contributed by atoms with Crippen LogP contribution >= 0.6 is 15.9 Å². The molecule has 2 saturated carbocycles. The van der Waals surface area contributed by atoms with Crippen LogP contribution in [0.15, 0.2) is 22.7 Å². The average molecular weight is 324 g/mol. The molecule has 0 bridgehead atoms. The number of halogens is 1. The minimum atomic E-state index is 0.726. The predicted octanol–water partition coefficient (Wildman–Crippen LogP) is 4.02. The van der Waals surface area contributed by atoms with Gasteiger partial charge in [0.05, 0.1) is 6.61 Å². The lowest BCUT2D eigenvalue weighted by Crippen LogP contribution is -2.15. The Balaban J connectivity index is 1.43. The molecule has 0 atom stereocenters. The molecule has 0 heterocycles. The second-order valence-corrected chi connectivity index (χ2v) is 6.72. The van der Waals surface area contributed by atoms with Crippen LogP contribution in [0.5, 0.6) is 0 Å². The van der Waals surface area contributed by atoms with Crippen LogP contribution in [0.3, 0.4) is 0 Å². The second-order valence-electron chi connectivity index (χ2n) is 5.87. The molecular weight excluding hydrogens is 302 g/mol. The molecule has 0 radical (unpaired) electrons. The summed E-state index contributed by atoms with van der Waals surface area (Å²) in [4.78, 5) is 0. The van der Waals surface area contributed by atoms with Gasteiger partial charge in [-0.05, 0) is 42.4 Å². The summed E-state index contributed by atoms with van der Waals surface area (Å²) < 4.78 is 6.93. The van der Waals surface area contributed by atoms with E-state index in [1.54, 1.807) is 0 Å². The Labute approximate surface area is 124 Å². The van der Waals surface area contributed by atoms with Crippen LogP contribution < -0.4 is 5.32 Å². The molecule has 0 aromatic heterocycles. The molecule has 2 aliphatic rings. The number of hydrogen-bond donors (Lipinski definition) is 1. The molecule has 2 aliphatic carbocycles. The number of nitrogens with one attached hydrogen (secondary N) is 1. The minimum absolute atomic E-state index is 0.726. The lowest BCUT2D eigenvalue weighted by atomic mass is 10.1. The lowest BCUT2D eigenvalue weighted by Gasteiger charge is -2.09. The van der Waals surface area contributed by atoms with Crippen molar-refractivity contribution in [3.63, 3.8) is 0 Å². The number of rotatable bonds is 8. The van der Waals surface area contributed by atoms with E-state index < -0.39 is 0 Å². The molecule has 0 unspecified atom stereocenters. The monoisotopic (exact) mass is 323 g/mol. The third-order valence-electron chi connectivity index (χ3n) is 3.91. The highest BCUT2D eigenvalue weighted by atomic mass is 79.9. The van der Waals surface area contributed by atoms with Gasteiger partial charge in [-0.25, -0.2) is 0 Å². The van der Waals surface area contributed by atoms with Gasteiger partial charge in [0.1, 0.15) is 0 Å². The molecule has 1 N–H and O–H groups in total. The fourth-order valence-electron chi connectivity index (χ4n) is 2.21. The van der Waals surface area contributed by atoms with E-state index in [1.165, 1.54) is 47.7 Å². The Morgan fingerprint density at radius 2 is 2.05 bits per heavy atom. The Morgan fingerprint density at radius 3 is 2.74 bits per heavy atom. The van der Waals surface area contributed by atoms with Gasteiger partial charge in [0.15, 0.2) is 0 Å².